The zero-order valence-corrected chi connectivity index (χ0v) is 12.2. The SMILES string of the molecule is Cc1nn(C(C)C)c(NCc2cccc(Cl)c2)c1N. The first kappa shape index (κ1) is 13.7. The van der Waals surface area contributed by atoms with Gasteiger partial charge in [-0.1, -0.05) is 23.7 Å². The molecule has 0 aliphatic carbocycles. The van der Waals surface area contributed by atoms with E-state index in [1.807, 2.05) is 35.9 Å². The van der Waals surface area contributed by atoms with Gasteiger partial charge in [0.25, 0.3) is 0 Å². The van der Waals surface area contributed by atoms with E-state index in [1.54, 1.807) is 0 Å². The summed E-state index contributed by atoms with van der Waals surface area (Å²) < 4.78 is 1.91. The first-order chi connectivity index (χ1) is 8.99. The van der Waals surface area contributed by atoms with E-state index in [0.717, 1.165) is 22.1 Å². The molecule has 0 amide bonds. The number of nitrogens with one attached hydrogen (secondary N) is 1. The van der Waals surface area contributed by atoms with E-state index in [2.05, 4.69) is 24.3 Å². The maximum atomic E-state index is 6.06. The first-order valence-corrected chi connectivity index (χ1v) is 6.69. The van der Waals surface area contributed by atoms with Gasteiger partial charge in [0.1, 0.15) is 5.82 Å². The van der Waals surface area contributed by atoms with Gasteiger partial charge in [0, 0.05) is 17.6 Å². The van der Waals surface area contributed by atoms with Gasteiger partial charge in [0.05, 0.1) is 11.4 Å². The van der Waals surface area contributed by atoms with Crippen molar-refractivity contribution in [2.24, 2.45) is 0 Å². The van der Waals surface area contributed by atoms with Crippen molar-refractivity contribution in [1.29, 1.82) is 0 Å². The summed E-state index contributed by atoms with van der Waals surface area (Å²) in [6, 6.07) is 8.03. The summed E-state index contributed by atoms with van der Waals surface area (Å²) in [5.74, 6) is 0.868. The molecule has 0 aliphatic heterocycles. The van der Waals surface area contributed by atoms with Crippen LogP contribution in [0.1, 0.15) is 31.1 Å². The Hall–Kier alpha value is -1.68. The van der Waals surface area contributed by atoms with Crippen LogP contribution < -0.4 is 11.1 Å². The topological polar surface area (TPSA) is 55.9 Å². The van der Waals surface area contributed by atoms with Gasteiger partial charge in [-0.3, -0.25) is 0 Å². The lowest BCUT2D eigenvalue weighted by atomic mass is 10.2. The van der Waals surface area contributed by atoms with Crippen LogP contribution in [0.15, 0.2) is 24.3 Å². The van der Waals surface area contributed by atoms with Gasteiger partial charge in [0.2, 0.25) is 0 Å². The molecule has 0 unspecified atom stereocenters. The van der Waals surface area contributed by atoms with Gasteiger partial charge >= 0.3 is 0 Å². The number of hydrogen-bond acceptors (Lipinski definition) is 3. The first-order valence-electron chi connectivity index (χ1n) is 6.32. The molecule has 0 bridgehead atoms. The van der Waals surface area contributed by atoms with Crippen molar-refractivity contribution in [1.82, 2.24) is 9.78 Å². The third-order valence-corrected chi connectivity index (χ3v) is 3.20. The van der Waals surface area contributed by atoms with Crippen LogP contribution in [0.3, 0.4) is 0 Å². The van der Waals surface area contributed by atoms with Crippen LogP contribution in [0, 0.1) is 6.92 Å². The van der Waals surface area contributed by atoms with Crippen molar-refractivity contribution in [3.8, 4) is 0 Å². The molecule has 102 valence electrons. The zero-order chi connectivity index (χ0) is 14.0. The highest BCUT2D eigenvalue weighted by Crippen LogP contribution is 2.26. The molecule has 2 aromatic rings. The van der Waals surface area contributed by atoms with Gasteiger partial charge in [-0.05, 0) is 38.5 Å². The Kier molecular flexibility index (Phi) is 4.00. The van der Waals surface area contributed by atoms with Gasteiger partial charge in [-0.25, -0.2) is 4.68 Å². The number of anilines is 2. The van der Waals surface area contributed by atoms with Crippen LogP contribution in [-0.2, 0) is 6.54 Å². The second-order valence-corrected chi connectivity index (χ2v) is 5.31. The summed E-state index contributed by atoms with van der Waals surface area (Å²) >= 11 is 5.97. The number of benzene rings is 1. The van der Waals surface area contributed by atoms with Crippen LogP contribution in [0.25, 0.3) is 0 Å². The fourth-order valence-electron chi connectivity index (χ4n) is 1.94. The molecule has 0 fully saturated rings. The predicted molar refractivity (Wildman–Crippen MR) is 80.5 cm³/mol. The average Bonchev–Trinajstić information content (AvgIpc) is 2.64. The van der Waals surface area contributed by atoms with E-state index in [9.17, 15) is 0 Å². The lowest BCUT2D eigenvalue weighted by molar-refractivity contribution is 0.534. The lowest BCUT2D eigenvalue weighted by Gasteiger charge is -2.13. The van der Waals surface area contributed by atoms with Crippen LogP contribution in [0.5, 0.6) is 0 Å². The summed E-state index contributed by atoms with van der Waals surface area (Å²) in [5.41, 5.74) is 8.73. The number of halogens is 1. The minimum atomic E-state index is 0.262. The second-order valence-electron chi connectivity index (χ2n) is 4.87. The molecule has 0 saturated carbocycles. The fourth-order valence-corrected chi connectivity index (χ4v) is 2.16. The Morgan fingerprint density at radius 3 is 2.79 bits per heavy atom. The largest absolute Gasteiger partial charge is 0.394 e. The number of nitrogens with two attached hydrogens (primary N) is 1. The molecule has 0 saturated heterocycles. The van der Waals surface area contributed by atoms with Gasteiger partial charge < -0.3 is 11.1 Å². The summed E-state index contributed by atoms with van der Waals surface area (Å²) in [6.45, 7) is 6.74. The van der Waals surface area contributed by atoms with E-state index in [0.29, 0.717) is 12.2 Å². The van der Waals surface area contributed by atoms with Crippen molar-refractivity contribution >= 4 is 23.1 Å². The molecule has 0 atom stereocenters. The molecule has 2 rings (SSSR count). The zero-order valence-electron chi connectivity index (χ0n) is 11.4. The molecule has 1 aromatic heterocycles. The molecular weight excluding hydrogens is 260 g/mol. The molecule has 1 aromatic carbocycles. The van der Waals surface area contributed by atoms with Gasteiger partial charge in [0.15, 0.2) is 0 Å². The fraction of sp³-hybridized carbons (Fsp3) is 0.357. The number of aromatic nitrogens is 2. The van der Waals surface area contributed by atoms with Crippen molar-refractivity contribution in [2.45, 2.75) is 33.4 Å². The molecule has 0 aliphatic rings. The van der Waals surface area contributed by atoms with Crippen molar-refractivity contribution in [3.05, 3.63) is 40.5 Å². The quantitative estimate of drug-likeness (QED) is 0.898. The van der Waals surface area contributed by atoms with Gasteiger partial charge in [-0.2, -0.15) is 5.10 Å². The minimum Gasteiger partial charge on any atom is -0.394 e. The standard InChI is InChI=1S/C14H19ClN4/c1-9(2)19-14(13(16)10(3)18-19)17-8-11-5-4-6-12(15)7-11/h4-7,9,17H,8,16H2,1-3H3. The van der Waals surface area contributed by atoms with E-state index in [1.165, 1.54) is 0 Å². The van der Waals surface area contributed by atoms with E-state index >= 15 is 0 Å². The maximum Gasteiger partial charge on any atom is 0.148 e. The molecule has 0 radical (unpaired) electrons. The van der Waals surface area contributed by atoms with Crippen molar-refractivity contribution in [3.63, 3.8) is 0 Å². The maximum absolute atomic E-state index is 6.06. The Balaban J connectivity index is 2.19. The van der Waals surface area contributed by atoms with Gasteiger partial charge in [-0.15, -0.1) is 0 Å². The second kappa shape index (κ2) is 5.53. The lowest BCUT2D eigenvalue weighted by Crippen LogP contribution is -2.11. The summed E-state index contributed by atoms with van der Waals surface area (Å²) in [7, 11) is 0. The van der Waals surface area contributed by atoms with Crippen molar-refractivity contribution < 1.29 is 0 Å². The van der Waals surface area contributed by atoms with E-state index in [-0.39, 0.29) is 6.04 Å². The van der Waals surface area contributed by atoms with Crippen LogP contribution in [-0.4, -0.2) is 9.78 Å². The Morgan fingerprint density at radius 2 is 2.16 bits per heavy atom. The van der Waals surface area contributed by atoms with Crippen LogP contribution in [0.2, 0.25) is 5.02 Å². The number of aryl methyl sites for hydroxylation is 1. The summed E-state index contributed by atoms with van der Waals surface area (Å²) in [5, 5.41) is 8.52. The predicted octanol–water partition coefficient (Wildman–Crippen LogP) is 3.62. The van der Waals surface area contributed by atoms with Crippen LogP contribution >= 0.6 is 11.6 Å². The number of hydrogen-bond donors (Lipinski definition) is 2. The smallest absolute Gasteiger partial charge is 0.148 e. The molecule has 5 heteroatoms. The van der Waals surface area contributed by atoms with Crippen LogP contribution in [0.4, 0.5) is 11.5 Å². The molecule has 1 heterocycles. The average molecular weight is 279 g/mol. The number of nitrogens with zero attached hydrogens (tertiary/aromatic N) is 2. The van der Waals surface area contributed by atoms with E-state index in [4.69, 9.17) is 17.3 Å². The summed E-state index contributed by atoms with van der Waals surface area (Å²) in [6.07, 6.45) is 0. The third-order valence-electron chi connectivity index (χ3n) is 2.97. The monoisotopic (exact) mass is 278 g/mol. The Bertz CT molecular complexity index is 575. The third kappa shape index (κ3) is 3.01. The normalized spacial score (nSPS) is 11.0. The highest BCUT2D eigenvalue weighted by Gasteiger charge is 2.14. The summed E-state index contributed by atoms with van der Waals surface area (Å²) in [4.78, 5) is 0. The molecular formula is C14H19ClN4. The Labute approximate surface area is 118 Å². The van der Waals surface area contributed by atoms with Crippen molar-refractivity contribution in [2.75, 3.05) is 11.1 Å². The van der Waals surface area contributed by atoms with E-state index < -0.39 is 0 Å². The number of rotatable bonds is 4. The highest BCUT2D eigenvalue weighted by atomic mass is 35.5. The molecule has 3 N–H and O–H groups in total. The highest BCUT2D eigenvalue weighted by molar-refractivity contribution is 6.30. The minimum absolute atomic E-state index is 0.262. The molecule has 4 nitrogen and oxygen atoms in total. The Morgan fingerprint density at radius 1 is 1.42 bits per heavy atom. The molecule has 19 heavy (non-hydrogen) atoms. The number of nitrogen functional groups attached to an aromatic ring is 1. The molecule has 0 spiro atoms.